The zero-order valence-corrected chi connectivity index (χ0v) is 18.6. The van der Waals surface area contributed by atoms with Crippen LogP contribution in [0.1, 0.15) is 25.3 Å². The van der Waals surface area contributed by atoms with Gasteiger partial charge in [-0.3, -0.25) is 0 Å². The molecular weight excluding hydrogens is 435 g/mol. The summed E-state index contributed by atoms with van der Waals surface area (Å²) >= 11 is 0. The van der Waals surface area contributed by atoms with E-state index in [-0.39, 0.29) is 28.3 Å². The summed E-state index contributed by atoms with van der Waals surface area (Å²) in [4.78, 5) is 13.3. The Bertz CT molecular complexity index is 1000. The van der Waals surface area contributed by atoms with Crippen molar-refractivity contribution < 1.29 is 30.8 Å². The monoisotopic (exact) mass is 462 g/mol. The highest BCUT2D eigenvalue weighted by molar-refractivity contribution is 7.96. The second-order valence-electron chi connectivity index (χ2n) is 7.80. The van der Waals surface area contributed by atoms with E-state index in [1.54, 1.807) is 11.8 Å². The molecule has 11 heteroatoms. The topological polar surface area (TPSA) is 110 Å². The maximum atomic E-state index is 13.6. The summed E-state index contributed by atoms with van der Waals surface area (Å²) < 4.78 is 69.4. The molecule has 0 unspecified atom stereocenters. The number of amides is 1. The minimum absolute atomic E-state index is 0.0765. The number of hydrogen-bond donors (Lipinski definition) is 1. The molecule has 0 saturated carbocycles. The molecule has 2 fully saturated rings. The number of nitrogens with one attached hydrogen (secondary N) is 1. The van der Waals surface area contributed by atoms with Gasteiger partial charge in [0.25, 0.3) is 0 Å². The van der Waals surface area contributed by atoms with Crippen LogP contribution in [0.25, 0.3) is 0 Å². The maximum absolute atomic E-state index is 13.6. The molecular formula is C19H27FN2O6S2. The third-order valence-corrected chi connectivity index (χ3v) is 9.78. The normalized spacial score (nSPS) is 24.7. The number of nitrogens with zero attached hydrogens (tertiary/aromatic N) is 1. The van der Waals surface area contributed by atoms with E-state index in [1.165, 1.54) is 19.1 Å². The summed E-state index contributed by atoms with van der Waals surface area (Å²) in [5, 5.41) is 2.06. The van der Waals surface area contributed by atoms with Crippen molar-refractivity contribution in [3.63, 3.8) is 0 Å². The molecule has 2 aliphatic heterocycles. The van der Waals surface area contributed by atoms with Crippen molar-refractivity contribution in [1.82, 2.24) is 10.2 Å². The maximum Gasteiger partial charge on any atom is 0.409 e. The molecule has 2 saturated heterocycles. The predicted molar refractivity (Wildman–Crippen MR) is 109 cm³/mol. The van der Waals surface area contributed by atoms with Gasteiger partial charge in [-0.25, -0.2) is 26.0 Å². The fraction of sp³-hybridized carbons (Fsp3) is 0.632. The summed E-state index contributed by atoms with van der Waals surface area (Å²) in [7, 11) is -7.51. The van der Waals surface area contributed by atoms with Gasteiger partial charge in [0.2, 0.25) is 0 Å². The van der Waals surface area contributed by atoms with Gasteiger partial charge >= 0.3 is 6.09 Å². The van der Waals surface area contributed by atoms with Gasteiger partial charge in [-0.2, -0.15) is 0 Å². The van der Waals surface area contributed by atoms with Crippen molar-refractivity contribution in [2.45, 2.75) is 48.9 Å². The molecule has 30 heavy (non-hydrogen) atoms. The SMILES string of the molecule is CCOC(=O)N1CCC(N[C@H]2CS(=O)(=O)C[C@@H]2S(=O)(=O)c2ccc(F)c(C)c2)CC1. The van der Waals surface area contributed by atoms with Gasteiger partial charge in [0.05, 0.1) is 28.3 Å². The first-order chi connectivity index (χ1) is 14.0. The summed E-state index contributed by atoms with van der Waals surface area (Å²) in [5.74, 6) is -1.25. The van der Waals surface area contributed by atoms with Crippen LogP contribution in [0.2, 0.25) is 0 Å². The third kappa shape index (κ3) is 4.94. The Kier molecular flexibility index (Phi) is 6.73. The molecule has 1 aromatic carbocycles. The Morgan fingerprint density at radius 2 is 1.93 bits per heavy atom. The summed E-state index contributed by atoms with van der Waals surface area (Å²) in [6.07, 6.45) is 0.752. The average molecular weight is 463 g/mol. The molecule has 2 heterocycles. The largest absolute Gasteiger partial charge is 0.450 e. The van der Waals surface area contributed by atoms with Crippen molar-refractivity contribution in [2.24, 2.45) is 0 Å². The standard InChI is InChI=1S/C19H27FN2O6S2/c1-3-28-19(23)22-8-6-14(7-9-22)21-17-11-29(24,25)12-18(17)30(26,27)15-4-5-16(20)13(2)10-15/h4-5,10,14,17-18,21H,3,6-9,11-12H2,1-2H3/t17-,18-/m0/s1. The molecule has 0 aliphatic carbocycles. The zero-order valence-electron chi connectivity index (χ0n) is 17.0. The van der Waals surface area contributed by atoms with Crippen molar-refractivity contribution >= 4 is 25.8 Å². The molecule has 2 atom stereocenters. The first-order valence-electron chi connectivity index (χ1n) is 9.91. The van der Waals surface area contributed by atoms with Crippen LogP contribution in [0.3, 0.4) is 0 Å². The highest BCUT2D eigenvalue weighted by Gasteiger charge is 2.46. The molecule has 0 radical (unpaired) electrons. The predicted octanol–water partition coefficient (Wildman–Crippen LogP) is 1.28. The minimum Gasteiger partial charge on any atom is -0.450 e. The molecule has 1 aromatic rings. The number of carbonyl (C=O) groups excluding carboxylic acids is 1. The highest BCUT2D eigenvalue weighted by Crippen LogP contribution is 2.28. The average Bonchev–Trinajstić information content (AvgIpc) is 2.99. The van der Waals surface area contributed by atoms with Gasteiger partial charge in [-0.05, 0) is 50.5 Å². The lowest BCUT2D eigenvalue weighted by molar-refractivity contribution is 0.0945. The van der Waals surface area contributed by atoms with Crippen LogP contribution in [0.5, 0.6) is 0 Å². The smallest absolute Gasteiger partial charge is 0.409 e. The van der Waals surface area contributed by atoms with Crippen molar-refractivity contribution in [3.8, 4) is 0 Å². The van der Waals surface area contributed by atoms with Gasteiger partial charge in [0, 0.05) is 25.2 Å². The molecule has 168 valence electrons. The van der Waals surface area contributed by atoms with Crippen LogP contribution in [-0.4, -0.2) is 76.4 Å². The Hall–Kier alpha value is -1.72. The Morgan fingerprint density at radius 3 is 2.53 bits per heavy atom. The fourth-order valence-electron chi connectivity index (χ4n) is 3.99. The Labute approximate surface area is 176 Å². The van der Waals surface area contributed by atoms with E-state index in [9.17, 15) is 26.0 Å². The molecule has 8 nitrogen and oxygen atoms in total. The van der Waals surface area contributed by atoms with E-state index in [4.69, 9.17) is 4.74 Å². The molecule has 0 aromatic heterocycles. The first kappa shape index (κ1) is 23.0. The number of sulfone groups is 2. The molecule has 3 rings (SSSR count). The van der Waals surface area contributed by atoms with Crippen molar-refractivity contribution in [3.05, 3.63) is 29.6 Å². The number of halogens is 1. The van der Waals surface area contributed by atoms with Crippen LogP contribution in [0.4, 0.5) is 9.18 Å². The molecule has 1 N–H and O–H groups in total. The number of piperidine rings is 1. The van der Waals surface area contributed by atoms with Gasteiger partial charge in [0.15, 0.2) is 19.7 Å². The molecule has 0 bridgehead atoms. The highest BCUT2D eigenvalue weighted by atomic mass is 32.2. The second kappa shape index (κ2) is 8.80. The van der Waals surface area contributed by atoms with Gasteiger partial charge in [-0.1, -0.05) is 0 Å². The lowest BCUT2D eigenvalue weighted by atomic mass is 10.0. The fourth-order valence-corrected chi connectivity index (χ4v) is 8.75. The van der Waals surface area contributed by atoms with Gasteiger partial charge < -0.3 is 15.0 Å². The van der Waals surface area contributed by atoms with E-state index >= 15 is 0 Å². The van der Waals surface area contributed by atoms with Gasteiger partial charge in [0.1, 0.15) is 5.82 Å². The molecule has 0 spiro atoms. The Morgan fingerprint density at radius 1 is 1.27 bits per heavy atom. The lowest BCUT2D eigenvalue weighted by Gasteiger charge is -2.34. The minimum atomic E-state index is -3.97. The number of benzene rings is 1. The summed E-state index contributed by atoms with van der Waals surface area (Å²) in [6, 6.07) is 2.63. The van der Waals surface area contributed by atoms with Gasteiger partial charge in [-0.15, -0.1) is 0 Å². The number of carbonyl (C=O) groups is 1. The van der Waals surface area contributed by atoms with E-state index < -0.39 is 42.5 Å². The summed E-state index contributed by atoms with van der Waals surface area (Å²) in [5.41, 5.74) is 0.188. The van der Waals surface area contributed by atoms with E-state index in [0.29, 0.717) is 32.5 Å². The van der Waals surface area contributed by atoms with E-state index in [1.807, 2.05) is 0 Å². The van der Waals surface area contributed by atoms with Crippen LogP contribution >= 0.6 is 0 Å². The quantitative estimate of drug-likeness (QED) is 0.657. The second-order valence-corrected chi connectivity index (χ2v) is 12.1. The van der Waals surface area contributed by atoms with E-state index in [0.717, 1.165) is 6.07 Å². The van der Waals surface area contributed by atoms with Crippen LogP contribution < -0.4 is 5.32 Å². The lowest BCUT2D eigenvalue weighted by Crippen LogP contribution is -2.52. The number of aryl methyl sites for hydroxylation is 1. The Balaban J connectivity index is 1.74. The molecule has 2 aliphatic rings. The van der Waals surface area contributed by atoms with Crippen molar-refractivity contribution in [2.75, 3.05) is 31.2 Å². The van der Waals surface area contributed by atoms with Crippen LogP contribution in [0, 0.1) is 12.7 Å². The number of ether oxygens (including phenoxy) is 1. The number of hydrogen-bond acceptors (Lipinski definition) is 7. The van der Waals surface area contributed by atoms with Crippen LogP contribution in [-0.2, 0) is 24.4 Å². The first-order valence-corrected chi connectivity index (χ1v) is 13.3. The van der Waals surface area contributed by atoms with E-state index in [2.05, 4.69) is 5.32 Å². The zero-order chi connectivity index (χ0) is 22.1. The summed E-state index contributed by atoms with van der Waals surface area (Å²) in [6.45, 7) is 4.39. The van der Waals surface area contributed by atoms with Crippen molar-refractivity contribution in [1.29, 1.82) is 0 Å². The third-order valence-electron chi connectivity index (χ3n) is 5.63. The molecule has 1 amide bonds. The number of rotatable bonds is 5. The van der Waals surface area contributed by atoms with Crippen LogP contribution in [0.15, 0.2) is 23.1 Å². The number of likely N-dealkylation sites (tertiary alicyclic amines) is 1.